The first-order chi connectivity index (χ1) is 25.2. The molecule has 0 saturated heterocycles. The van der Waals surface area contributed by atoms with E-state index in [9.17, 15) is 23.2 Å². The monoisotopic (exact) mass is 787 g/mol. The predicted octanol–water partition coefficient (Wildman–Crippen LogP) is 4.18. The van der Waals surface area contributed by atoms with Crippen molar-refractivity contribution in [3.05, 3.63) is 77.4 Å². The van der Waals surface area contributed by atoms with Crippen LogP contribution in [0.4, 0.5) is 34.6 Å². The fourth-order valence-electron chi connectivity index (χ4n) is 4.97. The molecule has 23 heteroatoms. The largest absolute Gasteiger partial charge is 1.00 e. The third-order valence-corrected chi connectivity index (χ3v) is 8.45. The fourth-order valence-corrected chi connectivity index (χ4v) is 6.12. The van der Waals surface area contributed by atoms with Crippen LogP contribution in [0.2, 0.25) is 1.41 Å². The summed E-state index contributed by atoms with van der Waals surface area (Å²) in [7, 11) is -4.70. The van der Waals surface area contributed by atoms with Gasteiger partial charge in [-0.2, -0.15) is 33.5 Å². The third kappa shape index (κ3) is 9.98. The van der Waals surface area contributed by atoms with Crippen molar-refractivity contribution in [2.75, 3.05) is 10.6 Å². The first-order valence-electron chi connectivity index (χ1n) is 15.0. The van der Waals surface area contributed by atoms with E-state index >= 15 is 0 Å². The molecule has 0 unspecified atom stereocenters. The van der Waals surface area contributed by atoms with Gasteiger partial charge >= 0.3 is 51.4 Å². The molecule has 0 saturated carbocycles. The van der Waals surface area contributed by atoms with Gasteiger partial charge < -0.3 is 31.5 Å². The van der Waals surface area contributed by atoms with E-state index in [1.165, 1.54) is 6.07 Å². The molecule has 0 aliphatic rings. The van der Waals surface area contributed by atoms with Gasteiger partial charge in [0.05, 0.1) is 22.6 Å². The number of aromatic nitrogens is 6. The van der Waals surface area contributed by atoms with Crippen LogP contribution in [-0.2, 0) is 19.5 Å². The molecule has 6 rings (SSSR count). The number of aryl methyl sites for hydroxylation is 4. The van der Waals surface area contributed by atoms with Gasteiger partial charge in [0, 0.05) is 22.1 Å². The second-order valence-electron chi connectivity index (χ2n) is 10.7. The molecular weight excluding hydrogens is 760 g/mol. The molecule has 0 atom stereocenters. The van der Waals surface area contributed by atoms with Crippen molar-refractivity contribution in [2.45, 2.75) is 37.5 Å². The first kappa shape index (κ1) is 39.8. The molecule has 4 aromatic carbocycles. The summed E-state index contributed by atoms with van der Waals surface area (Å²) in [5, 5.41) is 46.5. The van der Waals surface area contributed by atoms with Crippen LogP contribution in [0.1, 0.15) is 23.3 Å². The Bertz CT molecular complexity index is 2480. The average molecular weight is 788 g/mol. The molecule has 7 N–H and O–H groups in total. The predicted molar refractivity (Wildman–Crippen MR) is 187 cm³/mol. The van der Waals surface area contributed by atoms with Crippen molar-refractivity contribution < 1.29 is 90.6 Å². The Morgan fingerprint density at radius 1 is 0.792 bits per heavy atom. The molecule has 0 amide bonds. The number of phenols is 2. The first-order valence-corrected chi connectivity index (χ1v) is 16.7. The second kappa shape index (κ2) is 17.6. The van der Waals surface area contributed by atoms with Crippen molar-refractivity contribution in [2.24, 2.45) is 10.2 Å². The van der Waals surface area contributed by atoms with Crippen molar-refractivity contribution in [1.82, 2.24) is 29.9 Å². The smallest absolute Gasteiger partial charge is 0.706 e. The number of aromatic hydroxyl groups is 2. The fraction of sp³-hybridized carbons (Fsp3) is 0.133. The van der Waals surface area contributed by atoms with E-state index in [-0.39, 0.29) is 73.1 Å². The van der Waals surface area contributed by atoms with Gasteiger partial charge in [0.15, 0.2) is 5.75 Å². The van der Waals surface area contributed by atoms with Gasteiger partial charge in [-0.25, -0.2) is 20.7 Å². The molecule has 53 heavy (non-hydrogen) atoms. The Morgan fingerprint density at radius 3 is 1.70 bits per heavy atom. The standard InChI is InChI=1S/C15H14N6O4S.C15H13N6O4S.K/c1-7-17-8(2)19-15(18-7)20-10-3-4-11-9(5-10)6-12(26(23,24)25)13(21-16)14(11)22;1-7-17-8(2)19-15(18-7)20-10-3-4-11-9(5-10)6-12(26-25-24-23)13(21-16)14(11)22;/h3-6,16,22H,1-2H3,(H,23,24,25)(H,17,18,19,20);3-6,22-23H,1-2H3,(H,17,18,19,20);/q;-1;+1/i/hD. The Balaban J connectivity index is 0.000000236. The summed E-state index contributed by atoms with van der Waals surface area (Å²) in [6, 6.07) is 12.5. The van der Waals surface area contributed by atoms with Gasteiger partial charge in [-0.3, -0.25) is 4.55 Å². The summed E-state index contributed by atoms with van der Waals surface area (Å²) in [5.41, 5.74) is 12.4. The summed E-state index contributed by atoms with van der Waals surface area (Å²) < 4.78 is 43.8. The molecule has 0 aliphatic carbocycles. The van der Waals surface area contributed by atoms with Crippen LogP contribution < -0.4 is 62.0 Å². The van der Waals surface area contributed by atoms with Gasteiger partial charge in [0.2, 0.25) is 13.3 Å². The van der Waals surface area contributed by atoms with E-state index in [0.717, 1.165) is 6.07 Å². The molecule has 6 aromatic rings. The number of anilines is 4. The maximum atomic E-state index is 11.6. The van der Waals surface area contributed by atoms with Crippen molar-refractivity contribution in [3.8, 4) is 11.5 Å². The molecule has 0 fully saturated rings. The molecule has 0 aliphatic heterocycles. The Hall–Kier alpha value is -4.40. The summed E-state index contributed by atoms with van der Waals surface area (Å²) in [4.78, 5) is 24.5. The van der Waals surface area contributed by atoms with Gasteiger partial charge in [0.25, 0.3) is 10.1 Å². The Morgan fingerprint density at radius 2 is 1.26 bits per heavy atom. The van der Waals surface area contributed by atoms with E-state index in [1.54, 1.807) is 64.1 Å². The van der Waals surface area contributed by atoms with Crippen LogP contribution in [0.3, 0.4) is 0 Å². The van der Waals surface area contributed by atoms with Gasteiger partial charge in [-0.15, -0.1) is 4.33 Å². The minimum Gasteiger partial charge on any atom is -0.706 e. The molecule has 0 spiro atoms. The summed E-state index contributed by atoms with van der Waals surface area (Å²) >= 11 is 0.575. The van der Waals surface area contributed by atoms with Crippen molar-refractivity contribution in [1.29, 1.82) is 5.52 Å². The normalized spacial score (nSPS) is 11.5. The molecule has 2 aromatic heterocycles. The number of rotatable bonds is 10. The summed E-state index contributed by atoms with van der Waals surface area (Å²) in [6.07, 6.45) is 0. The quantitative estimate of drug-likeness (QED) is 0.0256. The molecule has 0 bridgehead atoms. The topological polar surface area (TPSA) is 306 Å². The molecule has 2 heterocycles. The molecule has 0 radical (unpaired) electrons. The second-order valence-corrected chi connectivity index (χ2v) is 12.8. The van der Waals surface area contributed by atoms with E-state index in [2.05, 4.69) is 65.7 Å². The van der Waals surface area contributed by atoms with E-state index < -0.39 is 26.5 Å². The Labute approximate surface area is 348 Å². The summed E-state index contributed by atoms with van der Waals surface area (Å²) in [6.45, 7) is 6.98. The molecular formula is C30H27KN12O8S2. The van der Waals surface area contributed by atoms with Crippen LogP contribution >= 0.6 is 12.0 Å². The van der Waals surface area contributed by atoms with Gasteiger partial charge in [-0.1, -0.05) is 5.04 Å². The number of fused-ring (bicyclic) bond motifs is 2. The zero-order chi connectivity index (χ0) is 38.4. The van der Waals surface area contributed by atoms with Crippen LogP contribution in [0, 0.1) is 33.2 Å². The number of hydrogen-bond donors (Lipinski definition) is 7. The Kier molecular flexibility index (Phi) is 13.2. The SMILES string of the molecule is Cc1nc(C)nc(Nc2ccc3c(O)c(N=[N-])c(SOOO)cc3c2)n1.[2H]N=Nc1c(S(=O)(=O)O)cc2cc(Nc3nc(C)nc(C)n3)ccc2c1O.[K+]. The van der Waals surface area contributed by atoms with E-state index in [0.29, 0.717) is 74.8 Å². The minimum atomic E-state index is -4.70. The van der Waals surface area contributed by atoms with Crippen LogP contribution in [-0.4, -0.2) is 58.3 Å². The number of phenolic OH excluding ortho intramolecular Hbond substituents is 2. The van der Waals surface area contributed by atoms with Gasteiger partial charge in [0.1, 0.15) is 39.6 Å². The van der Waals surface area contributed by atoms with E-state index in [1.807, 2.05) is 0 Å². The maximum Gasteiger partial charge on any atom is 1.00 e. The molecule has 268 valence electrons. The van der Waals surface area contributed by atoms with Crippen LogP contribution in [0.25, 0.3) is 27.1 Å². The van der Waals surface area contributed by atoms with Crippen molar-refractivity contribution in [3.63, 3.8) is 0 Å². The van der Waals surface area contributed by atoms with E-state index in [4.69, 9.17) is 12.2 Å². The number of benzene rings is 4. The maximum absolute atomic E-state index is 11.6. The summed E-state index contributed by atoms with van der Waals surface area (Å²) in [5.74, 6) is 2.18. The minimum absolute atomic E-state index is 0. The van der Waals surface area contributed by atoms with Crippen molar-refractivity contribution >= 4 is 78.4 Å². The average Bonchev–Trinajstić information content (AvgIpc) is 3.07. The van der Waals surface area contributed by atoms with Crippen LogP contribution in [0.15, 0.2) is 68.6 Å². The number of nitrogens with zero attached hydrogens (tertiary/aromatic N) is 9. The number of nitrogens with one attached hydrogen (secondary N) is 3. The zero-order valence-electron chi connectivity index (χ0n) is 29.3. The third-order valence-electron chi connectivity index (χ3n) is 6.96. The number of hydrogen-bond acceptors (Lipinski definition) is 19. The molecule has 20 nitrogen and oxygen atoms in total. The van der Waals surface area contributed by atoms with Crippen LogP contribution in [0.5, 0.6) is 11.5 Å². The van der Waals surface area contributed by atoms with Gasteiger partial charge in [-0.05, 0) is 87.0 Å². The zero-order valence-corrected chi connectivity index (χ0v) is 33.1.